The number of carbonyl (C=O) groups is 2. The van der Waals surface area contributed by atoms with E-state index in [2.05, 4.69) is 29.6 Å². The molecule has 1 saturated carbocycles. The monoisotopic (exact) mass is 362 g/mol. The van der Waals surface area contributed by atoms with E-state index in [0.717, 1.165) is 23.2 Å². The van der Waals surface area contributed by atoms with Crippen LogP contribution in [0, 0.1) is 26.2 Å². The van der Waals surface area contributed by atoms with Gasteiger partial charge in [0.25, 0.3) is 0 Å². The van der Waals surface area contributed by atoms with Crippen molar-refractivity contribution >= 4 is 17.5 Å². The third-order valence-corrected chi connectivity index (χ3v) is 5.93. The maximum absolute atomic E-state index is 13.2. The first-order valence-electron chi connectivity index (χ1n) is 9.66. The summed E-state index contributed by atoms with van der Waals surface area (Å²) in [5.41, 5.74) is 5.71. The summed E-state index contributed by atoms with van der Waals surface area (Å²) in [6.45, 7) is 7.34. The van der Waals surface area contributed by atoms with Crippen molar-refractivity contribution in [1.82, 2.24) is 4.90 Å². The summed E-state index contributed by atoms with van der Waals surface area (Å²) in [4.78, 5) is 28.1. The molecule has 1 aliphatic carbocycles. The van der Waals surface area contributed by atoms with Gasteiger partial charge in [-0.15, -0.1) is 0 Å². The van der Waals surface area contributed by atoms with Gasteiger partial charge in [0.05, 0.1) is 0 Å². The molecular formula is C23H26N2O2. The van der Waals surface area contributed by atoms with Crippen LogP contribution in [0.25, 0.3) is 0 Å². The molecule has 140 valence electrons. The van der Waals surface area contributed by atoms with Crippen molar-refractivity contribution in [2.75, 3.05) is 11.9 Å². The maximum Gasteiger partial charge on any atom is 0.240 e. The average Bonchev–Trinajstić information content (AvgIpc) is 3.45. The fraction of sp³-hybridized carbons (Fsp3) is 0.391. The van der Waals surface area contributed by atoms with E-state index in [-0.39, 0.29) is 11.8 Å². The van der Waals surface area contributed by atoms with Gasteiger partial charge in [0.15, 0.2) is 0 Å². The smallest absolute Gasteiger partial charge is 0.240 e. The molecule has 2 aromatic rings. The molecule has 4 rings (SSSR count). The number of nitrogens with one attached hydrogen (secondary N) is 1. The summed E-state index contributed by atoms with van der Waals surface area (Å²) in [7, 11) is 0. The second kappa shape index (κ2) is 6.52. The van der Waals surface area contributed by atoms with Crippen molar-refractivity contribution in [1.29, 1.82) is 0 Å². The molecule has 1 fully saturated rings. The highest BCUT2D eigenvalue weighted by Gasteiger charge is 2.58. The number of nitrogens with zero attached hydrogens (tertiary/aromatic N) is 1. The Balaban J connectivity index is 1.52. The van der Waals surface area contributed by atoms with Crippen molar-refractivity contribution in [3.8, 4) is 0 Å². The Morgan fingerprint density at radius 1 is 1.00 bits per heavy atom. The fourth-order valence-electron chi connectivity index (χ4n) is 4.25. The van der Waals surface area contributed by atoms with Gasteiger partial charge in [-0.1, -0.05) is 42.0 Å². The van der Waals surface area contributed by atoms with E-state index in [1.807, 2.05) is 37.8 Å². The number of rotatable bonds is 3. The maximum atomic E-state index is 13.2. The average molecular weight is 362 g/mol. The van der Waals surface area contributed by atoms with Gasteiger partial charge in [0.1, 0.15) is 5.41 Å². The second-order valence-electron chi connectivity index (χ2n) is 8.06. The molecule has 0 saturated heterocycles. The van der Waals surface area contributed by atoms with E-state index < -0.39 is 5.41 Å². The molecule has 0 aromatic heterocycles. The van der Waals surface area contributed by atoms with Crippen LogP contribution in [0.2, 0.25) is 0 Å². The Labute approximate surface area is 160 Å². The summed E-state index contributed by atoms with van der Waals surface area (Å²) in [6.07, 6.45) is 2.13. The molecule has 0 radical (unpaired) electrons. The molecule has 1 aliphatic heterocycles. The fourth-order valence-corrected chi connectivity index (χ4v) is 4.25. The lowest BCUT2D eigenvalue weighted by atomic mass is 9.96. The summed E-state index contributed by atoms with van der Waals surface area (Å²) in [5, 5.41) is 3.06. The van der Waals surface area contributed by atoms with Crippen LogP contribution in [0.15, 0.2) is 36.4 Å². The van der Waals surface area contributed by atoms with Gasteiger partial charge in [0, 0.05) is 18.8 Å². The van der Waals surface area contributed by atoms with Crippen LogP contribution in [0.5, 0.6) is 0 Å². The first-order valence-corrected chi connectivity index (χ1v) is 9.66. The molecule has 0 atom stereocenters. The van der Waals surface area contributed by atoms with Crippen LogP contribution < -0.4 is 5.32 Å². The third-order valence-electron chi connectivity index (χ3n) is 5.93. The van der Waals surface area contributed by atoms with Gasteiger partial charge in [-0.3, -0.25) is 9.59 Å². The van der Waals surface area contributed by atoms with Gasteiger partial charge < -0.3 is 10.2 Å². The standard InChI is InChI=1S/C23H26N2O2/c1-15-12-16(2)20(17(3)13-15)24-21(26)23(9-10-23)22(27)25-11-8-18-6-4-5-7-19(18)14-25/h4-7,12-13H,8-11,14H2,1-3H3,(H,24,26). The molecule has 1 heterocycles. The summed E-state index contributed by atoms with van der Waals surface area (Å²) in [5.74, 6) is -0.168. The Morgan fingerprint density at radius 2 is 1.63 bits per heavy atom. The number of benzene rings is 2. The number of hydrogen-bond acceptors (Lipinski definition) is 2. The van der Waals surface area contributed by atoms with E-state index in [9.17, 15) is 9.59 Å². The van der Waals surface area contributed by atoms with Crippen LogP contribution in [0.3, 0.4) is 0 Å². The van der Waals surface area contributed by atoms with Crippen LogP contribution in [0.4, 0.5) is 5.69 Å². The van der Waals surface area contributed by atoms with E-state index >= 15 is 0 Å². The molecule has 2 aromatic carbocycles. The van der Waals surface area contributed by atoms with Gasteiger partial charge in [-0.2, -0.15) is 0 Å². The summed E-state index contributed by atoms with van der Waals surface area (Å²) in [6, 6.07) is 12.4. The summed E-state index contributed by atoms with van der Waals surface area (Å²) >= 11 is 0. The van der Waals surface area contributed by atoms with Crippen LogP contribution >= 0.6 is 0 Å². The Kier molecular flexibility index (Phi) is 4.29. The van der Waals surface area contributed by atoms with Crippen LogP contribution in [-0.4, -0.2) is 23.3 Å². The second-order valence-corrected chi connectivity index (χ2v) is 8.06. The molecule has 0 bridgehead atoms. The number of aryl methyl sites for hydroxylation is 3. The topological polar surface area (TPSA) is 49.4 Å². The lowest BCUT2D eigenvalue weighted by molar-refractivity contribution is -0.143. The molecule has 2 aliphatic rings. The van der Waals surface area contributed by atoms with Crippen molar-refractivity contribution in [2.45, 2.75) is 46.6 Å². The number of hydrogen-bond donors (Lipinski definition) is 1. The van der Waals surface area contributed by atoms with Crippen molar-refractivity contribution in [2.24, 2.45) is 5.41 Å². The molecule has 27 heavy (non-hydrogen) atoms. The van der Waals surface area contributed by atoms with Crippen LogP contribution in [0.1, 0.15) is 40.7 Å². The van der Waals surface area contributed by atoms with E-state index in [0.29, 0.717) is 25.9 Å². The number of anilines is 1. The SMILES string of the molecule is Cc1cc(C)c(NC(=O)C2(C(=O)N3CCc4ccccc4C3)CC2)c(C)c1. The first kappa shape index (κ1) is 17.8. The molecule has 0 spiro atoms. The highest BCUT2D eigenvalue weighted by molar-refractivity contribution is 6.13. The van der Waals surface area contributed by atoms with E-state index in [1.165, 1.54) is 16.7 Å². The number of carbonyl (C=O) groups excluding carboxylic acids is 2. The van der Waals surface area contributed by atoms with Crippen molar-refractivity contribution < 1.29 is 9.59 Å². The van der Waals surface area contributed by atoms with Gasteiger partial charge in [-0.25, -0.2) is 0 Å². The first-order chi connectivity index (χ1) is 12.9. The van der Waals surface area contributed by atoms with Gasteiger partial charge >= 0.3 is 0 Å². The lowest BCUT2D eigenvalue weighted by Crippen LogP contribution is -2.45. The zero-order chi connectivity index (χ0) is 19.2. The third kappa shape index (κ3) is 3.14. The Hall–Kier alpha value is -2.62. The van der Waals surface area contributed by atoms with Crippen LogP contribution in [-0.2, 0) is 22.6 Å². The zero-order valence-electron chi connectivity index (χ0n) is 16.3. The quantitative estimate of drug-likeness (QED) is 0.842. The highest BCUT2D eigenvalue weighted by Crippen LogP contribution is 2.49. The number of amides is 2. The summed E-state index contributed by atoms with van der Waals surface area (Å²) < 4.78 is 0. The lowest BCUT2D eigenvalue weighted by Gasteiger charge is -2.31. The predicted molar refractivity (Wildman–Crippen MR) is 107 cm³/mol. The van der Waals surface area contributed by atoms with E-state index in [1.54, 1.807) is 0 Å². The minimum absolute atomic E-state index is 0.0167. The van der Waals surface area contributed by atoms with Crippen molar-refractivity contribution in [3.63, 3.8) is 0 Å². The largest absolute Gasteiger partial charge is 0.337 e. The number of fused-ring (bicyclic) bond motifs is 1. The Morgan fingerprint density at radius 3 is 2.26 bits per heavy atom. The predicted octanol–water partition coefficient (Wildman–Crippen LogP) is 3.92. The molecule has 1 N–H and O–H groups in total. The van der Waals surface area contributed by atoms with Crippen molar-refractivity contribution in [3.05, 3.63) is 64.2 Å². The molecule has 4 heteroatoms. The van der Waals surface area contributed by atoms with Gasteiger partial charge in [0.2, 0.25) is 11.8 Å². The van der Waals surface area contributed by atoms with Gasteiger partial charge in [-0.05, 0) is 62.3 Å². The van der Waals surface area contributed by atoms with E-state index in [4.69, 9.17) is 0 Å². The molecule has 2 amide bonds. The highest BCUT2D eigenvalue weighted by atomic mass is 16.2. The molecular weight excluding hydrogens is 336 g/mol. The minimum atomic E-state index is -0.879. The zero-order valence-corrected chi connectivity index (χ0v) is 16.3. The minimum Gasteiger partial charge on any atom is -0.337 e. The molecule has 4 nitrogen and oxygen atoms in total. The normalized spacial score (nSPS) is 17.2. The molecule has 0 unspecified atom stereocenters. The Bertz CT molecular complexity index is 905.